The first-order valence-electron chi connectivity index (χ1n) is 11.2. The molecule has 0 amide bonds. The number of guanidine groups is 1. The largest absolute Gasteiger partial charge is 0.491 e. The number of likely N-dealkylation sites (tertiary alicyclic amines) is 1. The lowest BCUT2D eigenvalue weighted by Gasteiger charge is -2.29. The monoisotopic (exact) mass is 402 g/mol. The molecule has 2 N–H and O–H groups in total. The third kappa shape index (κ3) is 7.19. The van der Waals surface area contributed by atoms with Crippen LogP contribution in [0.5, 0.6) is 5.75 Å². The van der Waals surface area contributed by atoms with Crippen LogP contribution in [0.3, 0.4) is 0 Å². The van der Waals surface area contributed by atoms with Crippen molar-refractivity contribution in [2.45, 2.75) is 52.2 Å². The van der Waals surface area contributed by atoms with Crippen LogP contribution >= 0.6 is 0 Å². The molecule has 2 saturated heterocycles. The third-order valence-electron chi connectivity index (χ3n) is 5.82. The van der Waals surface area contributed by atoms with Crippen LogP contribution < -0.4 is 15.4 Å². The Morgan fingerprint density at radius 1 is 1.24 bits per heavy atom. The predicted octanol–water partition coefficient (Wildman–Crippen LogP) is 2.95. The molecule has 0 bridgehead atoms. The average molecular weight is 403 g/mol. The highest BCUT2D eigenvalue weighted by molar-refractivity contribution is 5.79. The van der Waals surface area contributed by atoms with Crippen molar-refractivity contribution in [1.82, 2.24) is 15.5 Å². The molecule has 0 aromatic heterocycles. The second-order valence-electron chi connectivity index (χ2n) is 8.38. The number of aryl methyl sites for hydroxylation is 1. The second-order valence-corrected chi connectivity index (χ2v) is 8.38. The highest BCUT2D eigenvalue weighted by Gasteiger charge is 2.18. The summed E-state index contributed by atoms with van der Waals surface area (Å²) in [6.07, 6.45) is 4.95. The van der Waals surface area contributed by atoms with Gasteiger partial charge in [0.1, 0.15) is 12.4 Å². The van der Waals surface area contributed by atoms with Crippen LogP contribution in [0.2, 0.25) is 0 Å². The van der Waals surface area contributed by atoms with E-state index in [1.54, 1.807) is 0 Å². The van der Waals surface area contributed by atoms with E-state index < -0.39 is 0 Å². The van der Waals surface area contributed by atoms with Crippen LogP contribution in [-0.2, 0) is 11.3 Å². The standard InChI is InChI=1S/C23H38N4O2/c1-4-24-23(25-15-19-9-11-27(3)12-10-19)26-16-20-8-7-18(2)14-22(20)29-17-21-6-5-13-28-21/h7-8,14,19,21H,4-6,9-13,15-17H2,1-3H3,(H2,24,25,26). The van der Waals surface area contributed by atoms with E-state index in [0.717, 1.165) is 55.7 Å². The zero-order valence-corrected chi connectivity index (χ0v) is 18.4. The van der Waals surface area contributed by atoms with E-state index in [2.05, 4.69) is 54.6 Å². The Morgan fingerprint density at radius 2 is 2.07 bits per heavy atom. The SMILES string of the molecule is CCNC(=NCc1ccc(C)cc1OCC1CCCO1)NCC1CCN(C)CC1. The number of rotatable bonds is 8. The molecule has 3 rings (SSSR count). The summed E-state index contributed by atoms with van der Waals surface area (Å²) >= 11 is 0. The number of benzene rings is 1. The van der Waals surface area contributed by atoms with Gasteiger partial charge in [0.2, 0.25) is 0 Å². The van der Waals surface area contributed by atoms with Gasteiger partial charge in [-0.25, -0.2) is 4.99 Å². The lowest BCUT2D eigenvalue weighted by Crippen LogP contribution is -2.42. The van der Waals surface area contributed by atoms with E-state index in [-0.39, 0.29) is 6.10 Å². The normalized spacial score (nSPS) is 21.3. The van der Waals surface area contributed by atoms with Crippen molar-refractivity contribution in [1.29, 1.82) is 0 Å². The van der Waals surface area contributed by atoms with E-state index in [4.69, 9.17) is 14.5 Å². The minimum Gasteiger partial charge on any atom is -0.491 e. The van der Waals surface area contributed by atoms with Gasteiger partial charge >= 0.3 is 0 Å². The zero-order chi connectivity index (χ0) is 20.5. The molecule has 0 saturated carbocycles. The summed E-state index contributed by atoms with van der Waals surface area (Å²) in [6.45, 7) is 10.5. The highest BCUT2D eigenvalue weighted by atomic mass is 16.5. The molecule has 1 aromatic carbocycles. The molecule has 1 unspecified atom stereocenters. The minimum atomic E-state index is 0.223. The Bertz CT molecular complexity index is 650. The van der Waals surface area contributed by atoms with Crippen LogP contribution in [0.1, 0.15) is 43.7 Å². The van der Waals surface area contributed by atoms with Crippen molar-refractivity contribution in [3.05, 3.63) is 29.3 Å². The van der Waals surface area contributed by atoms with Gasteiger partial charge in [-0.15, -0.1) is 0 Å². The van der Waals surface area contributed by atoms with Gasteiger partial charge in [0, 0.05) is 25.3 Å². The molecule has 2 aliphatic rings. The van der Waals surface area contributed by atoms with E-state index in [0.29, 0.717) is 13.2 Å². The molecule has 29 heavy (non-hydrogen) atoms. The summed E-state index contributed by atoms with van der Waals surface area (Å²) in [7, 11) is 2.20. The van der Waals surface area contributed by atoms with Crippen LogP contribution in [0.4, 0.5) is 0 Å². The highest BCUT2D eigenvalue weighted by Crippen LogP contribution is 2.23. The molecule has 1 aromatic rings. The Morgan fingerprint density at radius 3 is 2.79 bits per heavy atom. The van der Waals surface area contributed by atoms with Crippen LogP contribution in [0.15, 0.2) is 23.2 Å². The smallest absolute Gasteiger partial charge is 0.191 e. The number of aliphatic imine (C=N–C) groups is 1. The van der Waals surface area contributed by atoms with Gasteiger partial charge in [-0.1, -0.05) is 12.1 Å². The van der Waals surface area contributed by atoms with Crippen LogP contribution in [-0.4, -0.2) is 63.4 Å². The maximum atomic E-state index is 6.12. The van der Waals surface area contributed by atoms with Gasteiger partial charge in [0.05, 0.1) is 12.6 Å². The molecule has 2 fully saturated rings. The van der Waals surface area contributed by atoms with Crippen molar-refractivity contribution < 1.29 is 9.47 Å². The summed E-state index contributed by atoms with van der Waals surface area (Å²) < 4.78 is 11.8. The molecule has 2 heterocycles. The zero-order valence-electron chi connectivity index (χ0n) is 18.4. The lowest BCUT2D eigenvalue weighted by molar-refractivity contribution is 0.0676. The Balaban J connectivity index is 1.57. The van der Waals surface area contributed by atoms with Gasteiger partial charge in [-0.3, -0.25) is 0 Å². The van der Waals surface area contributed by atoms with E-state index in [1.807, 2.05) is 0 Å². The van der Waals surface area contributed by atoms with Gasteiger partial charge < -0.3 is 25.0 Å². The summed E-state index contributed by atoms with van der Waals surface area (Å²) in [6, 6.07) is 6.37. The summed E-state index contributed by atoms with van der Waals surface area (Å²) in [4.78, 5) is 7.23. The first-order valence-corrected chi connectivity index (χ1v) is 11.2. The van der Waals surface area contributed by atoms with Crippen molar-refractivity contribution in [3.8, 4) is 5.75 Å². The summed E-state index contributed by atoms with van der Waals surface area (Å²) in [5.74, 6) is 2.53. The Labute approximate surface area is 176 Å². The first kappa shape index (κ1) is 21.9. The molecular weight excluding hydrogens is 364 g/mol. The van der Waals surface area contributed by atoms with Crippen LogP contribution in [0.25, 0.3) is 0 Å². The average Bonchev–Trinajstić information content (AvgIpc) is 3.24. The number of hydrogen-bond acceptors (Lipinski definition) is 4. The van der Waals surface area contributed by atoms with E-state index >= 15 is 0 Å². The van der Waals surface area contributed by atoms with Crippen molar-refractivity contribution >= 4 is 5.96 Å². The lowest BCUT2D eigenvalue weighted by atomic mass is 9.97. The molecule has 6 nitrogen and oxygen atoms in total. The Kier molecular flexibility index (Phi) is 8.62. The molecular formula is C23H38N4O2. The van der Waals surface area contributed by atoms with Crippen molar-refractivity contribution in [2.75, 3.05) is 46.4 Å². The molecule has 162 valence electrons. The molecule has 2 aliphatic heterocycles. The molecule has 0 spiro atoms. The van der Waals surface area contributed by atoms with Gasteiger partial charge in [0.25, 0.3) is 0 Å². The first-order chi connectivity index (χ1) is 14.1. The second kappa shape index (κ2) is 11.4. The number of ether oxygens (including phenoxy) is 2. The molecule has 0 aliphatic carbocycles. The number of hydrogen-bond donors (Lipinski definition) is 2. The third-order valence-corrected chi connectivity index (χ3v) is 5.82. The topological polar surface area (TPSA) is 58.1 Å². The number of nitrogens with one attached hydrogen (secondary N) is 2. The van der Waals surface area contributed by atoms with Gasteiger partial charge in [-0.2, -0.15) is 0 Å². The molecule has 1 atom stereocenters. The molecule has 6 heteroatoms. The van der Waals surface area contributed by atoms with Gasteiger partial charge in [-0.05, 0) is 77.2 Å². The van der Waals surface area contributed by atoms with Crippen molar-refractivity contribution in [3.63, 3.8) is 0 Å². The quantitative estimate of drug-likeness (QED) is 0.517. The van der Waals surface area contributed by atoms with E-state index in [1.165, 1.54) is 31.5 Å². The van der Waals surface area contributed by atoms with Crippen LogP contribution in [0, 0.1) is 12.8 Å². The number of nitrogens with zero attached hydrogens (tertiary/aromatic N) is 2. The van der Waals surface area contributed by atoms with Crippen molar-refractivity contribution in [2.24, 2.45) is 10.9 Å². The minimum absolute atomic E-state index is 0.223. The summed E-state index contributed by atoms with van der Waals surface area (Å²) in [5, 5.41) is 6.92. The van der Waals surface area contributed by atoms with E-state index in [9.17, 15) is 0 Å². The Hall–Kier alpha value is -1.79. The molecule has 0 radical (unpaired) electrons. The number of piperidine rings is 1. The predicted molar refractivity (Wildman–Crippen MR) is 119 cm³/mol. The summed E-state index contributed by atoms with van der Waals surface area (Å²) in [5.41, 5.74) is 2.32. The maximum absolute atomic E-state index is 6.12. The fourth-order valence-electron chi connectivity index (χ4n) is 3.90. The fourth-order valence-corrected chi connectivity index (χ4v) is 3.90. The maximum Gasteiger partial charge on any atom is 0.191 e. The van der Waals surface area contributed by atoms with Gasteiger partial charge in [0.15, 0.2) is 5.96 Å². The fraction of sp³-hybridized carbons (Fsp3) is 0.696.